The zero-order valence-electron chi connectivity index (χ0n) is 15.4. The molecular weight excluding hydrogens is 360 g/mol. The number of fused-ring (bicyclic) bond motifs is 1. The molecule has 1 aliphatic heterocycles. The molecule has 1 saturated heterocycles. The fourth-order valence-corrected chi connectivity index (χ4v) is 4.19. The van der Waals surface area contributed by atoms with Crippen molar-refractivity contribution in [3.63, 3.8) is 0 Å². The standard InChI is InChI=1S/C20H24N4O2S/c1-27(25,26)22-17-6-8-18(9-7-17)24-12-10-23(11-13-24)15-16-14-21-20-5-3-2-4-19(16)20/h2-9,14,21-22H,10-13,15H2,1H3. The highest BCUT2D eigenvalue weighted by atomic mass is 32.2. The second kappa shape index (κ2) is 7.25. The maximum absolute atomic E-state index is 11.3. The van der Waals surface area contributed by atoms with Gasteiger partial charge in [0.15, 0.2) is 0 Å². The average Bonchev–Trinajstić information content (AvgIpc) is 3.05. The SMILES string of the molecule is CS(=O)(=O)Nc1ccc(N2CCN(Cc3c[nH]c4ccccc34)CC2)cc1. The number of piperazine rings is 1. The Morgan fingerprint density at radius 1 is 1.00 bits per heavy atom. The van der Waals surface area contributed by atoms with Gasteiger partial charge >= 0.3 is 0 Å². The summed E-state index contributed by atoms with van der Waals surface area (Å²) in [5.74, 6) is 0. The molecule has 2 N–H and O–H groups in total. The summed E-state index contributed by atoms with van der Waals surface area (Å²) < 4.78 is 25.1. The quantitative estimate of drug-likeness (QED) is 0.710. The summed E-state index contributed by atoms with van der Waals surface area (Å²) in [6, 6.07) is 16.0. The number of nitrogens with one attached hydrogen (secondary N) is 2. The van der Waals surface area contributed by atoms with Gasteiger partial charge in [-0.15, -0.1) is 0 Å². The first-order valence-electron chi connectivity index (χ1n) is 9.08. The van der Waals surface area contributed by atoms with Crippen LogP contribution in [0.5, 0.6) is 0 Å². The summed E-state index contributed by atoms with van der Waals surface area (Å²) in [7, 11) is -3.24. The number of rotatable bonds is 5. The molecule has 0 saturated carbocycles. The molecule has 7 heteroatoms. The number of nitrogens with zero attached hydrogens (tertiary/aromatic N) is 2. The Balaban J connectivity index is 1.36. The molecule has 1 fully saturated rings. The van der Waals surface area contributed by atoms with Gasteiger partial charge in [-0.2, -0.15) is 0 Å². The summed E-state index contributed by atoms with van der Waals surface area (Å²) in [6.07, 6.45) is 3.28. The summed E-state index contributed by atoms with van der Waals surface area (Å²) >= 11 is 0. The number of H-pyrrole nitrogens is 1. The van der Waals surface area contributed by atoms with Crippen LogP contribution in [0.3, 0.4) is 0 Å². The van der Waals surface area contributed by atoms with E-state index in [-0.39, 0.29) is 0 Å². The maximum Gasteiger partial charge on any atom is 0.229 e. The van der Waals surface area contributed by atoms with Crippen molar-refractivity contribution in [2.24, 2.45) is 0 Å². The zero-order chi connectivity index (χ0) is 18.9. The first kappa shape index (κ1) is 17.9. The van der Waals surface area contributed by atoms with Gasteiger partial charge in [-0.05, 0) is 35.9 Å². The largest absolute Gasteiger partial charge is 0.369 e. The van der Waals surface area contributed by atoms with E-state index in [0.29, 0.717) is 5.69 Å². The minimum Gasteiger partial charge on any atom is -0.369 e. The third-order valence-electron chi connectivity index (χ3n) is 4.98. The van der Waals surface area contributed by atoms with E-state index in [2.05, 4.69) is 50.0 Å². The van der Waals surface area contributed by atoms with Crippen LogP contribution in [0, 0.1) is 0 Å². The van der Waals surface area contributed by atoms with Gasteiger partial charge in [0.25, 0.3) is 0 Å². The zero-order valence-corrected chi connectivity index (χ0v) is 16.2. The van der Waals surface area contributed by atoms with Crippen molar-refractivity contribution in [3.05, 3.63) is 60.3 Å². The molecule has 0 bridgehead atoms. The molecule has 0 spiro atoms. The molecule has 1 aromatic heterocycles. The van der Waals surface area contributed by atoms with Gasteiger partial charge in [0, 0.05) is 61.2 Å². The van der Waals surface area contributed by atoms with Crippen molar-refractivity contribution >= 4 is 32.3 Å². The number of hydrogen-bond acceptors (Lipinski definition) is 4. The number of sulfonamides is 1. The molecular formula is C20H24N4O2S. The van der Waals surface area contributed by atoms with Crippen LogP contribution in [0.4, 0.5) is 11.4 Å². The Morgan fingerprint density at radius 3 is 2.41 bits per heavy atom. The van der Waals surface area contributed by atoms with Gasteiger partial charge < -0.3 is 9.88 Å². The predicted molar refractivity (Wildman–Crippen MR) is 111 cm³/mol. The highest BCUT2D eigenvalue weighted by Gasteiger charge is 2.18. The lowest BCUT2D eigenvalue weighted by Crippen LogP contribution is -2.45. The number of anilines is 2. The lowest BCUT2D eigenvalue weighted by molar-refractivity contribution is 0.250. The Labute approximate surface area is 159 Å². The summed E-state index contributed by atoms with van der Waals surface area (Å²) in [4.78, 5) is 8.17. The first-order valence-corrected chi connectivity index (χ1v) is 11.0. The number of aromatic amines is 1. The van der Waals surface area contributed by atoms with Crippen LogP contribution in [-0.4, -0.2) is 50.7 Å². The normalized spacial score (nSPS) is 16.0. The van der Waals surface area contributed by atoms with Crippen LogP contribution < -0.4 is 9.62 Å². The topological polar surface area (TPSA) is 68.4 Å². The van der Waals surface area contributed by atoms with Gasteiger partial charge in [0.2, 0.25) is 10.0 Å². The van der Waals surface area contributed by atoms with E-state index < -0.39 is 10.0 Å². The molecule has 1 aliphatic rings. The van der Waals surface area contributed by atoms with Crippen LogP contribution in [0.25, 0.3) is 10.9 Å². The maximum atomic E-state index is 11.3. The molecule has 2 aromatic carbocycles. The van der Waals surface area contributed by atoms with Crippen molar-refractivity contribution in [1.82, 2.24) is 9.88 Å². The molecule has 0 amide bonds. The van der Waals surface area contributed by atoms with Gasteiger partial charge in [-0.1, -0.05) is 18.2 Å². The smallest absolute Gasteiger partial charge is 0.229 e. The molecule has 6 nitrogen and oxygen atoms in total. The second-order valence-electron chi connectivity index (χ2n) is 7.04. The Bertz CT molecular complexity index is 1020. The number of benzene rings is 2. The lowest BCUT2D eigenvalue weighted by atomic mass is 10.1. The van der Waals surface area contributed by atoms with Crippen LogP contribution in [0.15, 0.2) is 54.7 Å². The minimum atomic E-state index is -3.24. The molecule has 0 unspecified atom stereocenters. The first-order chi connectivity index (χ1) is 13.0. The summed E-state index contributed by atoms with van der Waals surface area (Å²) in [6.45, 7) is 4.88. The van der Waals surface area contributed by atoms with Gasteiger partial charge in [-0.3, -0.25) is 9.62 Å². The highest BCUT2D eigenvalue weighted by molar-refractivity contribution is 7.92. The fraction of sp³-hybridized carbons (Fsp3) is 0.300. The van der Waals surface area contributed by atoms with Crippen molar-refractivity contribution < 1.29 is 8.42 Å². The molecule has 0 aliphatic carbocycles. The summed E-state index contributed by atoms with van der Waals surface area (Å²) in [5.41, 5.74) is 4.25. The van der Waals surface area contributed by atoms with E-state index in [0.717, 1.165) is 44.7 Å². The number of aromatic nitrogens is 1. The van der Waals surface area contributed by atoms with E-state index in [4.69, 9.17) is 0 Å². The van der Waals surface area contributed by atoms with E-state index in [9.17, 15) is 8.42 Å². The molecule has 3 aromatic rings. The monoisotopic (exact) mass is 384 g/mol. The summed E-state index contributed by atoms with van der Waals surface area (Å²) in [5, 5.41) is 1.30. The van der Waals surface area contributed by atoms with Crippen molar-refractivity contribution in [2.45, 2.75) is 6.54 Å². The van der Waals surface area contributed by atoms with E-state index >= 15 is 0 Å². The van der Waals surface area contributed by atoms with Crippen molar-refractivity contribution in [3.8, 4) is 0 Å². The third-order valence-corrected chi connectivity index (χ3v) is 5.58. The van der Waals surface area contributed by atoms with Gasteiger partial charge in [-0.25, -0.2) is 8.42 Å². The van der Waals surface area contributed by atoms with Gasteiger partial charge in [0.1, 0.15) is 0 Å². The molecule has 27 heavy (non-hydrogen) atoms. The lowest BCUT2D eigenvalue weighted by Gasteiger charge is -2.36. The van der Waals surface area contributed by atoms with Crippen LogP contribution in [0.2, 0.25) is 0 Å². The van der Waals surface area contributed by atoms with E-state index in [1.165, 1.54) is 16.5 Å². The number of hydrogen-bond donors (Lipinski definition) is 2. The minimum absolute atomic E-state index is 0.597. The Morgan fingerprint density at radius 2 is 1.70 bits per heavy atom. The third kappa shape index (κ3) is 4.26. The van der Waals surface area contributed by atoms with Crippen LogP contribution in [0.1, 0.15) is 5.56 Å². The molecule has 0 radical (unpaired) electrons. The second-order valence-corrected chi connectivity index (χ2v) is 8.79. The highest BCUT2D eigenvalue weighted by Crippen LogP contribution is 2.22. The van der Waals surface area contributed by atoms with Crippen molar-refractivity contribution in [1.29, 1.82) is 0 Å². The molecule has 142 valence electrons. The fourth-order valence-electron chi connectivity index (χ4n) is 3.62. The average molecular weight is 385 g/mol. The van der Waals surface area contributed by atoms with E-state index in [1.54, 1.807) is 0 Å². The molecule has 4 rings (SSSR count). The molecule has 0 atom stereocenters. The Kier molecular flexibility index (Phi) is 4.80. The predicted octanol–water partition coefficient (Wildman–Crippen LogP) is 2.86. The van der Waals surface area contributed by atoms with Gasteiger partial charge in [0.05, 0.1) is 6.26 Å². The van der Waals surface area contributed by atoms with Crippen LogP contribution in [-0.2, 0) is 16.6 Å². The molecule has 2 heterocycles. The number of para-hydroxylation sites is 1. The Hall–Kier alpha value is -2.51. The van der Waals surface area contributed by atoms with E-state index in [1.807, 2.05) is 24.3 Å². The van der Waals surface area contributed by atoms with Crippen LogP contribution >= 0.6 is 0 Å². The van der Waals surface area contributed by atoms with Crippen molar-refractivity contribution in [2.75, 3.05) is 42.1 Å².